The number of methoxy groups -OCH3 is 1. The van der Waals surface area contributed by atoms with Gasteiger partial charge in [0.1, 0.15) is 0 Å². The summed E-state index contributed by atoms with van der Waals surface area (Å²) in [5, 5.41) is 6.81. The first-order chi connectivity index (χ1) is 12.6. The van der Waals surface area contributed by atoms with Gasteiger partial charge in [0, 0.05) is 72.1 Å². The Bertz CT molecular complexity index is 371. The second-order valence-electron chi connectivity index (χ2n) is 7.12. The van der Waals surface area contributed by atoms with Gasteiger partial charge in [-0.25, -0.2) is 0 Å². The van der Waals surface area contributed by atoms with E-state index in [2.05, 4.69) is 53.2 Å². The zero-order chi connectivity index (χ0) is 19.2. The predicted molar refractivity (Wildman–Crippen MR) is 111 cm³/mol. The molecule has 1 rings (SSSR count). The van der Waals surface area contributed by atoms with E-state index < -0.39 is 0 Å². The molecule has 1 heterocycles. The topological polar surface area (TPSA) is 55.4 Å². The molecule has 7 heteroatoms. The summed E-state index contributed by atoms with van der Waals surface area (Å²) >= 11 is 0. The summed E-state index contributed by atoms with van der Waals surface area (Å²) in [5.74, 6) is 0.928. The first kappa shape index (κ1) is 23.1. The van der Waals surface area contributed by atoms with E-state index in [-0.39, 0.29) is 0 Å². The van der Waals surface area contributed by atoms with Crippen LogP contribution in [0.5, 0.6) is 0 Å². The van der Waals surface area contributed by atoms with Crippen LogP contribution >= 0.6 is 0 Å². The van der Waals surface area contributed by atoms with Crippen molar-refractivity contribution in [2.45, 2.75) is 33.2 Å². The molecule has 1 aliphatic heterocycles. The number of nitrogens with one attached hydrogen (secondary N) is 2. The monoisotopic (exact) mass is 370 g/mol. The van der Waals surface area contributed by atoms with E-state index in [1.54, 1.807) is 7.11 Å². The van der Waals surface area contributed by atoms with Gasteiger partial charge < -0.3 is 25.2 Å². The van der Waals surface area contributed by atoms with Crippen molar-refractivity contribution in [1.82, 2.24) is 25.3 Å². The number of rotatable bonds is 12. The number of hydrogen-bond acceptors (Lipinski definition) is 5. The summed E-state index contributed by atoms with van der Waals surface area (Å²) in [4.78, 5) is 12.2. The van der Waals surface area contributed by atoms with Crippen LogP contribution in [0.15, 0.2) is 4.99 Å². The van der Waals surface area contributed by atoms with E-state index in [0.29, 0.717) is 6.04 Å². The molecule has 0 aromatic rings. The van der Waals surface area contributed by atoms with Crippen LogP contribution in [0, 0.1) is 0 Å². The number of guanidine groups is 1. The fraction of sp³-hybridized carbons (Fsp3) is 0.947. The van der Waals surface area contributed by atoms with Gasteiger partial charge in [0.2, 0.25) is 0 Å². The average molecular weight is 371 g/mol. The highest BCUT2D eigenvalue weighted by Crippen LogP contribution is 2.06. The van der Waals surface area contributed by atoms with Crippen LogP contribution in [-0.2, 0) is 4.74 Å². The minimum atomic E-state index is 0.487. The minimum Gasteiger partial charge on any atom is -0.385 e. The molecule has 0 aliphatic carbocycles. The maximum absolute atomic E-state index is 5.11. The van der Waals surface area contributed by atoms with Crippen LogP contribution in [0.2, 0.25) is 0 Å². The lowest BCUT2D eigenvalue weighted by molar-refractivity contribution is 0.109. The lowest BCUT2D eigenvalue weighted by Crippen LogP contribution is -2.50. The van der Waals surface area contributed by atoms with Gasteiger partial charge in [0.15, 0.2) is 5.96 Å². The van der Waals surface area contributed by atoms with Gasteiger partial charge in [0.25, 0.3) is 0 Å². The number of hydrogen-bond donors (Lipinski definition) is 2. The van der Waals surface area contributed by atoms with E-state index in [0.717, 1.165) is 71.3 Å². The van der Waals surface area contributed by atoms with Gasteiger partial charge in [-0.05, 0) is 33.9 Å². The van der Waals surface area contributed by atoms with E-state index in [4.69, 9.17) is 9.73 Å². The van der Waals surface area contributed by atoms with Gasteiger partial charge >= 0.3 is 0 Å². The second-order valence-corrected chi connectivity index (χ2v) is 7.12. The standard InChI is InChI=1S/C19H42N6O/c1-6-20-19(21-9-11-23(4)10-8-16-26-5)22-17-18(3)25-14-12-24(7-2)13-15-25/h18H,6-17H2,1-5H3,(H2,20,21,22). The maximum Gasteiger partial charge on any atom is 0.191 e. The Labute approximate surface area is 161 Å². The molecule has 0 aromatic heterocycles. The molecular weight excluding hydrogens is 328 g/mol. The fourth-order valence-corrected chi connectivity index (χ4v) is 3.16. The molecule has 154 valence electrons. The summed E-state index contributed by atoms with van der Waals surface area (Å²) in [7, 11) is 3.91. The van der Waals surface area contributed by atoms with E-state index in [1.165, 1.54) is 13.1 Å². The highest BCUT2D eigenvalue weighted by molar-refractivity contribution is 5.79. The molecule has 1 fully saturated rings. The highest BCUT2D eigenvalue weighted by Gasteiger charge is 2.19. The molecular formula is C19H42N6O. The second kappa shape index (κ2) is 14.2. The van der Waals surface area contributed by atoms with Gasteiger partial charge in [-0.15, -0.1) is 0 Å². The first-order valence-corrected chi connectivity index (χ1v) is 10.3. The fourth-order valence-electron chi connectivity index (χ4n) is 3.16. The van der Waals surface area contributed by atoms with Crippen molar-refractivity contribution in [3.63, 3.8) is 0 Å². The number of aliphatic imine (C=N–C) groups is 1. The van der Waals surface area contributed by atoms with Gasteiger partial charge in [-0.2, -0.15) is 0 Å². The maximum atomic E-state index is 5.11. The Morgan fingerprint density at radius 2 is 1.88 bits per heavy atom. The molecule has 26 heavy (non-hydrogen) atoms. The molecule has 1 saturated heterocycles. The third-order valence-corrected chi connectivity index (χ3v) is 5.01. The van der Waals surface area contributed by atoms with Crippen LogP contribution < -0.4 is 10.6 Å². The van der Waals surface area contributed by atoms with E-state index in [1.807, 2.05) is 0 Å². The molecule has 2 N–H and O–H groups in total. The van der Waals surface area contributed by atoms with E-state index in [9.17, 15) is 0 Å². The van der Waals surface area contributed by atoms with Crippen LogP contribution in [0.1, 0.15) is 27.2 Å². The van der Waals surface area contributed by atoms with Crippen molar-refractivity contribution in [3.05, 3.63) is 0 Å². The summed E-state index contributed by atoms with van der Waals surface area (Å²) < 4.78 is 5.11. The molecule has 0 amide bonds. The summed E-state index contributed by atoms with van der Waals surface area (Å²) in [6.07, 6.45) is 1.07. The average Bonchev–Trinajstić information content (AvgIpc) is 2.66. The molecule has 0 radical (unpaired) electrons. The van der Waals surface area contributed by atoms with Gasteiger partial charge in [-0.1, -0.05) is 6.92 Å². The van der Waals surface area contributed by atoms with Crippen LogP contribution in [-0.4, -0.2) is 113 Å². The van der Waals surface area contributed by atoms with Crippen molar-refractivity contribution < 1.29 is 4.74 Å². The zero-order valence-corrected chi connectivity index (χ0v) is 17.8. The number of likely N-dealkylation sites (N-methyl/N-ethyl adjacent to an activating group) is 2. The van der Waals surface area contributed by atoms with Crippen LogP contribution in [0.25, 0.3) is 0 Å². The lowest BCUT2D eigenvalue weighted by atomic mass is 10.2. The normalized spacial score (nSPS) is 18.3. The van der Waals surface area contributed by atoms with Crippen molar-refractivity contribution in [2.24, 2.45) is 4.99 Å². The van der Waals surface area contributed by atoms with Gasteiger partial charge in [-0.3, -0.25) is 9.89 Å². The smallest absolute Gasteiger partial charge is 0.191 e. The molecule has 7 nitrogen and oxygen atoms in total. The van der Waals surface area contributed by atoms with Gasteiger partial charge in [0.05, 0.1) is 6.54 Å². The first-order valence-electron chi connectivity index (χ1n) is 10.3. The Kier molecular flexibility index (Phi) is 12.6. The molecule has 1 aliphatic rings. The van der Waals surface area contributed by atoms with E-state index >= 15 is 0 Å². The Morgan fingerprint density at radius 1 is 1.15 bits per heavy atom. The predicted octanol–water partition coefficient (Wildman–Crippen LogP) is 0.536. The molecule has 0 bridgehead atoms. The Hall–Kier alpha value is -0.890. The van der Waals surface area contributed by atoms with Crippen LogP contribution in [0.3, 0.4) is 0 Å². The molecule has 1 unspecified atom stereocenters. The summed E-state index contributed by atoms with van der Waals surface area (Å²) in [5.41, 5.74) is 0. The molecule has 0 spiro atoms. The summed E-state index contributed by atoms with van der Waals surface area (Å²) in [6.45, 7) is 18.0. The Balaban J connectivity index is 2.31. The quantitative estimate of drug-likeness (QED) is 0.297. The molecule has 0 aromatic carbocycles. The number of nitrogens with zero attached hydrogens (tertiary/aromatic N) is 4. The highest BCUT2D eigenvalue weighted by atomic mass is 16.5. The van der Waals surface area contributed by atoms with Crippen molar-refractivity contribution in [3.8, 4) is 0 Å². The van der Waals surface area contributed by atoms with Crippen molar-refractivity contribution in [1.29, 1.82) is 0 Å². The van der Waals surface area contributed by atoms with Crippen LogP contribution in [0.4, 0.5) is 0 Å². The summed E-state index contributed by atoms with van der Waals surface area (Å²) in [6, 6.07) is 0.487. The number of ether oxygens (including phenoxy) is 1. The minimum absolute atomic E-state index is 0.487. The van der Waals surface area contributed by atoms with Crippen molar-refractivity contribution in [2.75, 3.05) is 86.2 Å². The largest absolute Gasteiger partial charge is 0.385 e. The molecule has 1 atom stereocenters. The lowest BCUT2D eigenvalue weighted by Gasteiger charge is -2.37. The third-order valence-electron chi connectivity index (χ3n) is 5.01. The Morgan fingerprint density at radius 3 is 2.50 bits per heavy atom. The van der Waals surface area contributed by atoms with Crippen molar-refractivity contribution >= 4 is 5.96 Å². The molecule has 0 saturated carbocycles. The SMILES string of the molecule is CCNC(=NCC(C)N1CCN(CC)CC1)NCCN(C)CCCOC. The third kappa shape index (κ3) is 9.71. The zero-order valence-electron chi connectivity index (χ0n) is 17.8. The number of piperazine rings is 1.